The molecule has 0 spiro atoms. The van der Waals surface area contributed by atoms with Crippen LogP contribution in [0.3, 0.4) is 0 Å². The number of hydrogen-bond acceptors (Lipinski definition) is 3. The van der Waals surface area contributed by atoms with Gasteiger partial charge in [0.15, 0.2) is 5.78 Å². The fourth-order valence-electron chi connectivity index (χ4n) is 1.73. The first-order chi connectivity index (χ1) is 9.88. The van der Waals surface area contributed by atoms with E-state index in [4.69, 9.17) is 11.6 Å². The lowest BCUT2D eigenvalue weighted by molar-refractivity contribution is -0.137. The van der Waals surface area contributed by atoms with Crippen molar-refractivity contribution < 1.29 is 18.0 Å². The molecule has 0 saturated heterocycles. The standard InChI is InChI=1S/C14H11ClF3NOS/c15-11-4-3-9(8-10(11)14(16,17)18)19-6-5-12(20)13-2-1-7-21-13/h1-4,7-8,19H,5-6H2. The maximum absolute atomic E-state index is 12.7. The van der Waals surface area contributed by atoms with Crippen molar-refractivity contribution in [3.63, 3.8) is 0 Å². The second-order valence-electron chi connectivity index (χ2n) is 4.27. The molecule has 0 fully saturated rings. The lowest BCUT2D eigenvalue weighted by Gasteiger charge is -2.12. The fraction of sp³-hybridized carbons (Fsp3) is 0.214. The van der Waals surface area contributed by atoms with E-state index in [1.54, 1.807) is 17.5 Å². The molecule has 0 aliphatic carbocycles. The summed E-state index contributed by atoms with van der Waals surface area (Å²) < 4.78 is 38.1. The van der Waals surface area contributed by atoms with Gasteiger partial charge in [-0.15, -0.1) is 11.3 Å². The summed E-state index contributed by atoms with van der Waals surface area (Å²) in [4.78, 5) is 12.4. The Bertz CT molecular complexity index is 626. The number of benzene rings is 1. The van der Waals surface area contributed by atoms with E-state index in [0.717, 1.165) is 6.07 Å². The van der Waals surface area contributed by atoms with Crippen LogP contribution in [0.4, 0.5) is 18.9 Å². The zero-order valence-electron chi connectivity index (χ0n) is 10.7. The number of rotatable bonds is 5. The van der Waals surface area contributed by atoms with E-state index in [1.807, 2.05) is 0 Å². The van der Waals surface area contributed by atoms with Gasteiger partial charge in [-0.25, -0.2) is 0 Å². The van der Waals surface area contributed by atoms with E-state index >= 15 is 0 Å². The maximum atomic E-state index is 12.7. The summed E-state index contributed by atoms with van der Waals surface area (Å²) in [6.07, 6.45) is -4.29. The third-order valence-electron chi connectivity index (χ3n) is 2.75. The summed E-state index contributed by atoms with van der Waals surface area (Å²) in [5.74, 6) is -0.0393. The van der Waals surface area contributed by atoms with Crippen LogP contribution in [0.5, 0.6) is 0 Å². The summed E-state index contributed by atoms with van der Waals surface area (Å²) in [5, 5.41) is 4.26. The summed E-state index contributed by atoms with van der Waals surface area (Å²) in [7, 11) is 0. The lowest BCUT2D eigenvalue weighted by atomic mass is 10.2. The van der Waals surface area contributed by atoms with Gasteiger partial charge < -0.3 is 5.32 Å². The van der Waals surface area contributed by atoms with E-state index in [-0.39, 0.29) is 29.5 Å². The van der Waals surface area contributed by atoms with Gasteiger partial charge in [-0.05, 0) is 29.6 Å². The van der Waals surface area contributed by atoms with Crippen molar-refractivity contribution in [1.82, 2.24) is 0 Å². The fourth-order valence-corrected chi connectivity index (χ4v) is 2.65. The minimum Gasteiger partial charge on any atom is -0.385 e. The molecule has 0 aliphatic heterocycles. The quantitative estimate of drug-likeness (QED) is 0.771. The molecule has 1 N–H and O–H groups in total. The molecule has 2 aromatic rings. The van der Waals surface area contributed by atoms with Gasteiger partial charge in [0.05, 0.1) is 15.5 Å². The second kappa shape index (κ2) is 6.49. The highest BCUT2D eigenvalue weighted by Crippen LogP contribution is 2.36. The van der Waals surface area contributed by atoms with Crippen LogP contribution in [0.15, 0.2) is 35.7 Å². The molecule has 21 heavy (non-hydrogen) atoms. The van der Waals surface area contributed by atoms with Crippen LogP contribution >= 0.6 is 22.9 Å². The van der Waals surface area contributed by atoms with Crippen molar-refractivity contribution in [1.29, 1.82) is 0 Å². The van der Waals surface area contributed by atoms with Crippen LogP contribution in [-0.4, -0.2) is 12.3 Å². The summed E-state index contributed by atoms with van der Waals surface area (Å²) in [5.41, 5.74) is -0.607. The predicted molar refractivity (Wildman–Crippen MR) is 78.2 cm³/mol. The van der Waals surface area contributed by atoms with Crippen LogP contribution in [0.2, 0.25) is 5.02 Å². The van der Waals surface area contributed by atoms with E-state index in [2.05, 4.69) is 5.32 Å². The van der Waals surface area contributed by atoms with E-state index in [9.17, 15) is 18.0 Å². The van der Waals surface area contributed by atoms with Crippen LogP contribution < -0.4 is 5.32 Å². The molecule has 112 valence electrons. The van der Waals surface area contributed by atoms with Crippen molar-refractivity contribution in [3.05, 3.63) is 51.2 Å². The summed E-state index contributed by atoms with van der Waals surface area (Å²) >= 11 is 6.87. The van der Waals surface area contributed by atoms with Gasteiger partial charge in [0.2, 0.25) is 0 Å². The first kappa shape index (κ1) is 15.9. The van der Waals surface area contributed by atoms with Crippen molar-refractivity contribution in [2.24, 2.45) is 0 Å². The zero-order valence-corrected chi connectivity index (χ0v) is 12.3. The molecule has 0 saturated carbocycles. The number of hydrogen-bond donors (Lipinski definition) is 1. The minimum atomic E-state index is -4.50. The predicted octanol–water partition coefficient (Wildman–Crippen LogP) is 5.11. The van der Waals surface area contributed by atoms with Crippen molar-refractivity contribution >= 4 is 34.4 Å². The smallest absolute Gasteiger partial charge is 0.385 e. The highest BCUT2D eigenvalue weighted by atomic mass is 35.5. The van der Waals surface area contributed by atoms with Crippen LogP contribution in [0, 0.1) is 0 Å². The third-order valence-corrected chi connectivity index (χ3v) is 3.99. The molecule has 0 amide bonds. The number of Topliss-reactive ketones (excluding diaryl/α,β-unsaturated/α-hetero) is 1. The van der Waals surface area contributed by atoms with Gasteiger partial charge >= 0.3 is 6.18 Å². The second-order valence-corrected chi connectivity index (χ2v) is 5.62. The Morgan fingerprint density at radius 2 is 2.05 bits per heavy atom. The maximum Gasteiger partial charge on any atom is 0.417 e. The Morgan fingerprint density at radius 3 is 2.67 bits per heavy atom. The number of carbonyl (C=O) groups excluding carboxylic acids is 1. The molecular formula is C14H11ClF3NOS. The van der Waals surface area contributed by atoms with E-state index in [1.165, 1.54) is 23.5 Å². The van der Waals surface area contributed by atoms with Gasteiger partial charge in [0.25, 0.3) is 0 Å². The largest absolute Gasteiger partial charge is 0.417 e. The van der Waals surface area contributed by atoms with Gasteiger partial charge in [-0.2, -0.15) is 13.2 Å². The SMILES string of the molecule is O=C(CCNc1ccc(Cl)c(C(F)(F)F)c1)c1cccs1. The van der Waals surface area contributed by atoms with Gasteiger partial charge in [0, 0.05) is 18.7 Å². The van der Waals surface area contributed by atoms with Crippen LogP contribution in [-0.2, 0) is 6.18 Å². The first-order valence-corrected chi connectivity index (χ1v) is 7.31. The highest BCUT2D eigenvalue weighted by Gasteiger charge is 2.33. The first-order valence-electron chi connectivity index (χ1n) is 6.05. The van der Waals surface area contributed by atoms with Gasteiger partial charge in [0.1, 0.15) is 0 Å². The molecule has 0 bridgehead atoms. The van der Waals surface area contributed by atoms with Crippen molar-refractivity contribution in [2.75, 3.05) is 11.9 Å². The molecule has 0 aliphatic rings. The molecule has 1 aromatic carbocycles. The highest BCUT2D eigenvalue weighted by molar-refractivity contribution is 7.12. The lowest BCUT2D eigenvalue weighted by Crippen LogP contribution is -2.10. The van der Waals surface area contributed by atoms with E-state index in [0.29, 0.717) is 4.88 Å². The Kier molecular flexibility index (Phi) is 4.90. The van der Waals surface area contributed by atoms with E-state index < -0.39 is 11.7 Å². The Labute approximate surface area is 128 Å². The molecule has 0 unspecified atom stereocenters. The molecule has 2 rings (SSSR count). The van der Waals surface area contributed by atoms with Crippen molar-refractivity contribution in [3.8, 4) is 0 Å². The Balaban J connectivity index is 1.96. The normalized spacial score (nSPS) is 11.4. The molecule has 1 aromatic heterocycles. The number of alkyl halides is 3. The number of ketones is 1. The number of carbonyl (C=O) groups is 1. The van der Waals surface area contributed by atoms with Gasteiger partial charge in [-0.1, -0.05) is 17.7 Å². The number of thiophene rings is 1. The average molecular weight is 334 g/mol. The van der Waals surface area contributed by atoms with Crippen molar-refractivity contribution in [2.45, 2.75) is 12.6 Å². The summed E-state index contributed by atoms with van der Waals surface area (Å²) in [6.45, 7) is 0.260. The number of nitrogens with one attached hydrogen (secondary N) is 1. The molecule has 1 heterocycles. The zero-order chi connectivity index (χ0) is 15.5. The molecular weight excluding hydrogens is 323 g/mol. The molecule has 0 radical (unpaired) electrons. The molecule has 2 nitrogen and oxygen atoms in total. The number of halogens is 4. The topological polar surface area (TPSA) is 29.1 Å². The van der Waals surface area contributed by atoms with Crippen LogP contribution in [0.25, 0.3) is 0 Å². The molecule has 0 atom stereocenters. The van der Waals surface area contributed by atoms with Gasteiger partial charge in [-0.3, -0.25) is 4.79 Å². The Hall–Kier alpha value is -1.53. The third kappa shape index (κ3) is 4.22. The van der Waals surface area contributed by atoms with Crippen LogP contribution in [0.1, 0.15) is 21.7 Å². The number of anilines is 1. The minimum absolute atomic E-state index is 0.0393. The monoisotopic (exact) mass is 333 g/mol. The average Bonchev–Trinajstić information content (AvgIpc) is 2.93. The Morgan fingerprint density at radius 1 is 1.29 bits per heavy atom. The molecule has 7 heteroatoms. The summed E-state index contributed by atoms with van der Waals surface area (Å²) in [6, 6.07) is 7.08.